The summed E-state index contributed by atoms with van der Waals surface area (Å²) in [5, 5.41) is 2.82. The van der Waals surface area contributed by atoms with Gasteiger partial charge in [0.2, 0.25) is 5.91 Å². The summed E-state index contributed by atoms with van der Waals surface area (Å²) in [6.07, 6.45) is 0.992. The summed E-state index contributed by atoms with van der Waals surface area (Å²) >= 11 is 3.48. The predicted molar refractivity (Wildman–Crippen MR) is 112 cm³/mol. The van der Waals surface area contributed by atoms with Gasteiger partial charge in [-0.1, -0.05) is 15.9 Å². The number of rotatable bonds is 5. The Bertz CT molecular complexity index is 964. The van der Waals surface area contributed by atoms with Crippen molar-refractivity contribution in [3.05, 3.63) is 46.2 Å². The average Bonchev–Trinajstić information content (AvgIpc) is 3.32. The van der Waals surface area contributed by atoms with Crippen molar-refractivity contribution in [2.24, 2.45) is 7.05 Å². The second-order valence-electron chi connectivity index (χ2n) is 7.51. The van der Waals surface area contributed by atoms with Crippen LogP contribution in [0.3, 0.4) is 0 Å². The number of alkyl halides is 1. The Labute approximate surface area is 182 Å². The Balaban J connectivity index is 1.42. The summed E-state index contributed by atoms with van der Waals surface area (Å²) in [7, 11) is 1.78. The van der Waals surface area contributed by atoms with Crippen LogP contribution in [0.4, 0.5) is 4.39 Å². The van der Waals surface area contributed by atoms with Crippen LogP contribution in [0, 0.1) is 0 Å². The van der Waals surface area contributed by atoms with E-state index in [4.69, 9.17) is 9.47 Å². The van der Waals surface area contributed by atoms with Crippen LogP contribution in [-0.2, 0) is 18.3 Å². The number of nitrogens with one attached hydrogen (secondary N) is 1. The summed E-state index contributed by atoms with van der Waals surface area (Å²) in [6.45, 7) is 1.18. The molecule has 2 amide bonds. The fourth-order valence-electron chi connectivity index (χ4n) is 3.86. The minimum atomic E-state index is -1.10. The van der Waals surface area contributed by atoms with Gasteiger partial charge in [-0.2, -0.15) is 0 Å². The standard InChI is InChI=1S/C21H23BrFN3O4/c1-25-4-2-3-17(25)21(28)24-11-15-9-14(23)12-26(15)20(27)8-13-7-18-19(10-16(13)22)30-6-5-29-18/h2-4,7,10,14-15H,5-6,8-9,11-12H2,1H3,(H,24,28)/t14-,15-/m0/s1. The van der Waals surface area contributed by atoms with Crippen LogP contribution in [-0.4, -0.2) is 59.8 Å². The largest absolute Gasteiger partial charge is 0.486 e. The van der Waals surface area contributed by atoms with E-state index in [1.807, 2.05) is 0 Å². The molecule has 0 unspecified atom stereocenters. The molecule has 4 rings (SSSR count). The van der Waals surface area contributed by atoms with E-state index < -0.39 is 6.17 Å². The molecule has 0 bridgehead atoms. The number of aryl methyl sites for hydroxylation is 1. The highest BCUT2D eigenvalue weighted by atomic mass is 79.9. The summed E-state index contributed by atoms with van der Waals surface area (Å²) in [4.78, 5) is 26.8. The number of ether oxygens (including phenoxy) is 2. The maximum atomic E-state index is 14.1. The van der Waals surface area contributed by atoms with Gasteiger partial charge in [0.05, 0.1) is 19.0 Å². The lowest BCUT2D eigenvalue weighted by Crippen LogP contribution is -2.44. The Kier molecular flexibility index (Phi) is 5.99. The van der Waals surface area contributed by atoms with Crippen molar-refractivity contribution in [2.45, 2.75) is 25.1 Å². The second-order valence-corrected chi connectivity index (χ2v) is 8.37. The molecule has 3 heterocycles. The smallest absolute Gasteiger partial charge is 0.267 e. The normalized spacial score (nSPS) is 20.3. The lowest BCUT2D eigenvalue weighted by Gasteiger charge is -2.25. The zero-order valence-corrected chi connectivity index (χ0v) is 18.2. The Morgan fingerprint density at radius 3 is 2.70 bits per heavy atom. The summed E-state index contributed by atoms with van der Waals surface area (Å²) in [6, 6.07) is 6.68. The molecule has 1 aromatic heterocycles. The van der Waals surface area contributed by atoms with Gasteiger partial charge >= 0.3 is 0 Å². The van der Waals surface area contributed by atoms with Gasteiger partial charge < -0.3 is 24.3 Å². The summed E-state index contributed by atoms with van der Waals surface area (Å²) in [5.74, 6) is 0.802. The molecule has 0 radical (unpaired) electrons. The maximum absolute atomic E-state index is 14.1. The van der Waals surface area contributed by atoms with Gasteiger partial charge in [0.1, 0.15) is 25.1 Å². The van der Waals surface area contributed by atoms with Gasteiger partial charge in [-0.3, -0.25) is 9.59 Å². The quantitative estimate of drug-likeness (QED) is 0.714. The monoisotopic (exact) mass is 479 g/mol. The molecule has 30 heavy (non-hydrogen) atoms. The molecule has 0 aliphatic carbocycles. The van der Waals surface area contributed by atoms with E-state index in [1.54, 1.807) is 42.1 Å². The molecule has 2 aromatic rings. The average molecular weight is 480 g/mol. The molecule has 1 N–H and O–H groups in total. The number of aromatic nitrogens is 1. The third kappa shape index (κ3) is 4.30. The highest BCUT2D eigenvalue weighted by molar-refractivity contribution is 9.10. The van der Waals surface area contributed by atoms with E-state index in [0.29, 0.717) is 30.4 Å². The highest BCUT2D eigenvalue weighted by Gasteiger charge is 2.35. The van der Waals surface area contributed by atoms with Crippen molar-refractivity contribution < 1.29 is 23.5 Å². The minimum absolute atomic E-state index is 0.0334. The van der Waals surface area contributed by atoms with Crippen molar-refractivity contribution in [1.82, 2.24) is 14.8 Å². The van der Waals surface area contributed by atoms with E-state index in [9.17, 15) is 14.0 Å². The number of hydrogen-bond donors (Lipinski definition) is 1. The third-order valence-electron chi connectivity index (χ3n) is 5.41. The molecule has 0 spiro atoms. The van der Waals surface area contributed by atoms with Crippen molar-refractivity contribution in [3.63, 3.8) is 0 Å². The Morgan fingerprint density at radius 1 is 1.27 bits per heavy atom. The van der Waals surface area contributed by atoms with Gasteiger partial charge in [0.15, 0.2) is 11.5 Å². The van der Waals surface area contributed by atoms with E-state index in [1.165, 1.54) is 4.90 Å². The number of carbonyl (C=O) groups excluding carboxylic acids is 2. The van der Waals surface area contributed by atoms with Gasteiger partial charge in [-0.25, -0.2) is 4.39 Å². The van der Waals surface area contributed by atoms with E-state index in [-0.39, 0.29) is 43.8 Å². The molecule has 7 nitrogen and oxygen atoms in total. The van der Waals surface area contributed by atoms with Crippen LogP contribution in [0.15, 0.2) is 34.9 Å². The summed E-state index contributed by atoms with van der Waals surface area (Å²) in [5.41, 5.74) is 1.26. The van der Waals surface area contributed by atoms with Crippen LogP contribution in [0.1, 0.15) is 22.5 Å². The SMILES string of the molecule is Cn1cccc1C(=O)NC[C@@H]1C[C@H](F)CN1C(=O)Cc1cc2c(cc1Br)OCCO2. The van der Waals surface area contributed by atoms with E-state index >= 15 is 0 Å². The Morgan fingerprint density at radius 2 is 2.00 bits per heavy atom. The van der Waals surface area contributed by atoms with E-state index in [2.05, 4.69) is 21.2 Å². The highest BCUT2D eigenvalue weighted by Crippen LogP contribution is 2.36. The van der Waals surface area contributed by atoms with Crippen molar-refractivity contribution >= 4 is 27.7 Å². The fraction of sp³-hybridized carbons (Fsp3) is 0.429. The molecule has 1 fully saturated rings. The minimum Gasteiger partial charge on any atom is -0.486 e. The molecule has 2 aliphatic rings. The Hall–Kier alpha value is -2.55. The van der Waals surface area contributed by atoms with Gasteiger partial charge in [-0.15, -0.1) is 0 Å². The fourth-order valence-corrected chi connectivity index (χ4v) is 4.33. The predicted octanol–water partition coefficient (Wildman–Crippen LogP) is 2.47. The van der Waals surface area contributed by atoms with E-state index in [0.717, 1.165) is 10.0 Å². The number of carbonyl (C=O) groups is 2. The number of fused-ring (bicyclic) bond motifs is 1. The van der Waals surface area contributed by atoms with Crippen molar-refractivity contribution in [3.8, 4) is 11.5 Å². The molecule has 160 valence electrons. The maximum Gasteiger partial charge on any atom is 0.267 e. The van der Waals surface area contributed by atoms with Gasteiger partial charge in [0.25, 0.3) is 5.91 Å². The number of hydrogen-bond acceptors (Lipinski definition) is 4. The molecule has 1 saturated heterocycles. The molecule has 9 heteroatoms. The molecule has 2 aliphatic heterocycles. The van der Waals surface area contributed by atoms with Gasteiger partial charge in [-0.05, 0) is 29.8 Å². The third-order valence-corrected chi connectivity index (χ3v) is 6.15. The van der Waals surface area contributed by atoms with Crippen LogP contribution < -0.4 is 14.8 Å². The first-order valence-corrected chi connectivity index (χ1v) is 10.6. The number of halogens is 2. The zero-order chi connectivity index (χ0) is 21.3. The first-order valence-electron chi connectivity index (χ1n) is 9.83. The van der Waals surface area contributed by atoms with Crippen molar-refractivity contribution in [1.29, 1.82) is 0 Å². The van der Waals surface area contributed by atoms with Crippen LogP contribution in [0.2, 0.25) is 0 Å². The van der Waals surface area contributed by atoms with Crippen LogP contribution >= 0.6 is 15.9 Å². The summed E-state index contributed by atoms with van der Waals surface area (Å²) < 4.78 is 27.7. The molecular weight excluding hydrogens is 457 g/mol. The molecular formula is C21H23BrFN3O4. The lowest BCUT2D eigenvalue weighted by atomic mass is 10.1. The number of nitrogens with zero attached hydrogens (tertiary/aromatic N) is 2. The van der Waals surface area contributed by atoms with Crippen LogP contribution in [0.25, 0.3) is 0 Å². The zero-order valence-electron chi connectivity index (χ0n) is 16.6. The van der Waals surface area contributed by atoms with Crippen molar-refractivity contribution in [2.75, 3.05) is 26.3 Å². The lowest BCUT2D eigenvalue weighted by molar-refractivity contribution is -0.131. The number of benzene rings is 1. The first kappa shape index (κ1) is 20.7. The molecule has 0 saturated carbocycles. The topological polar surface area (TPSA) is 72.8 Å². The second kappa shape index (κ2) is 8.67. The first-order chi connectivity index (χ1) is 14.4. The van der Waals surface area contributed by atoms with Crippen LogP contribution in [0.5, 0.6) is 11.5 Å². The number of likely N-dealkylation sites (tertiary alicyclic amines) is 1. The van der Waals surface area contributed by atoms with Gasteiger partial charge in [0, 0.05) is 30.7 Å². The molecule has 1 aromatic carbocycles. The molecule has 2 atom stereocenters. The number of amides is 2.